The third-order valence-corrected chi connectivity index (χ3v) is 2.70. The molecule has 0 aliphatic heterocycles. The predicted molar refractivity (Wildman–Crippen MR) is 70.3 cm³/mol. The van der Waals surface area contributed by atoms with Crippen LogP contribution in [0.2, 0.25) is 5.02 Å². The average Bonchev–Trinajstić information content (AvgIpc) is 2.34. The molecule has 1 heterocycles. The number of hydrogen-bond donors (Lipinski definition) is 1. The molecule has 5 heteroatoms. The highest BCUT2D eigenvalue weighted by atomic mass is 35.5. The van der Waals surface area contributed by atoms with Crippen LogP contribution in [0.15, 0.2) is 11.0 Å². The Kier molecular flexibility index (Phi) is 5.05. The van der Waals surface area contributed by atoms with E-state index in [9.17, 15) is 4.79 Å². The van der Waals surface area contributed by atoms with Crippen molar-refractivity contribution < 1.29 is 0 Å². The SMILES string of the molecule is C#CC(C)Nc1cnn(CCCC)c(=O)c1Cl. The fourth-order valence-electron chi connectivity index (χ4n) is 1.31. The van der Waals surface area contributed by atoms with E-state index in [4.69, 9.17) is 18.0 Å². The van der Waals surface area contributed by atoms with Gasteiger partial charge in [0.1, 0.15) is 5.02 Å². The van der Waals surface area contributed by atoms with Gasteiger partial charge in [-0.3, -0.25) is 4.79 Å². The molecule has 0 bridgehead atoms. The molecule has 1 N–H and O–H groups in total. The number of aryl methyl sites for hydroxylation is 1. The van der Waals surface area contributed by atoms with Crippen molar-refractivity contribution in [1.82, 2.24) is 9.78 Å². The van der Waals surface area contributed by atoms with Gasteiger partial charge in [-0.25, -0.2) is 4.68 Å². The molecule has 0 saturated carbocycles. The van der Waals surface area contributed by atoms with Gasteiger partial charge in [0, 0.05) is 6.54 Å². The number of nitrogens with one attached hydrogen (secondary N) is 1. The van der Waals surface area contributed by atoms with Gasteiger partial charge in [0.25, 0.3) is 5.56 Å². The summed E-state index contributed by atoms with van der Waals surface area (Å²) in [5.41, 5.74) is 0.198. The summed E-state index contributed by atoms with van der Waals surface area (Å²) in [5, 5.41) is 7.13. The fraction of sp³-hybridized carbons (Fsp3) is 0.500. The molecule has 1 unspecified atom stereocenters. The van der Waals surface area contributed by atoms with Crippen molar-refractivity contribution in [1.29, 1.82) is 0 Å². The van der Waals surface area contributed by atoms with Crippen molar-refractivity contribution in [3.63, 3.8) is 0 Å². The molecule has 0 spiro atoms. The van der Waals surface area contributed by atoms with E-state index in [-0.39, 0.29) is 16.6 Å². The van der Waals surface area contributed by atoms with Gasteiger partial charge >= 0.3 is 0 Å². The second-order valence-corrected chi connectivity index (χ2v) is 4.16. The molecule has 0 aromatic carbocycles. The molecule has 1 atom stereocenters. The molecule has 1 aromatic rings. The van der Waals surface area contributed by atoms with Crippen LogP contribution in [0.5, 0.6) is 0 Å². The maximum Gasteiger partial charge on any atom is 0.287 e. The minimum atomic E-state index is -0.283. The van der Waals surface area contributed by atoms with Crippen molar-refractivity contribution in [3.8, 4) is 12.3 Å². The van der Waals surface area contributed by atoms with Gasteiger partial charge in [0.05, 0.1) is 17.9 Å². The van der Waals surface area contributed by atoms with E-state index in [1.807, 2.05) is 0 Å². The fourth-order valence-corrected chi connectivity index (χ4v) is 1.51. The molecular weight excluding hydrogens is 238 g/mol. The Bertz CT molecular complexity index is 476. The number of anilines is 1. The summed E-state index contributed by atoms with van der Waals surface area (Å²) >= 11 is 5.97. The van der Waals surface area contributed by atoms with Crippen molar-refractivity contribution in [3.05, 3.63) is 21.6 Å². The average molecular weight is 254 g/mol. The lowest BCUT2D eigenvalue weighted by molar-refractivity contribution is 0.543. The first-order valence-electron chi connectivity index (χ1n) is 5.58. The van der Waals surface area contributed by atoms with E-state index >= 15 is 0 Å². The largest absolute Gasteiger partial charge is 0.369 e. The Balaban J connectivity index is 2.95. The summed E-state index contributed by atoms with van der Waals surface area (Å²) in [7, 11) is 0. The Morgan fingerprint density at radius 3 is 3.00 bits per heavy atom. The minimum absolute atomic E-state index is 0.137. The zero-order valence-corrected chi connectivity index (χ0v) is 10.8. The van der Waals surface area contributed by atoms with Crippen LogP contribution in [0.3, 0.4) is 0 Å². The van der Waals surface area contributed by atoms with Gasteiger partial charge in [-0.1, -0.05) is 30.9 Å². The predicted octanol–water partition coefficient (Wildman–Crippen LogP) is 2.13. The molecule has 0 fully saturated rings. The van der Waals surface area contributed by atoms with Crippen molar-refractivity contribution >= 4 is 17.3 Å². The smallest absolute Gasteiger partial charge is 0.287 e. The Labute approximate surface area is 106 Å². The van der Waals surface area contributed by atoms with Crippen molar-refractivity contribution in [2.24, 2.45) is 0 Å². The Morgan fingerprint density at radius 2 is 2.41 bits per heavy atom. The first-order valence-corrected chi connectivity index (χ1v) is 5.96. The maximum absolute atomic E-state index is 11.8. The van der Waals surface area contributed by atoms with Gasteiger partial charge in [-0.05, 0) is 13.3 Å². The van der Waals surface area contributed by atoms with Crippen LogP contribution in [0.4, 0.5) is 5.69 Å². The van der Waals surface area contributed by atoms with E-state index in [0.717, 1.165) is 12.8 Å². The molecule has 0 aliphatic rings. The normalized spacial score (nSPS) is 11.9. The lowest BCUT2D eigenvalue weighted by Gasteiger charge is -2.11. The highest BCUT2D eigenvalue weighted by molar-refractivity contribution is 6.32. The molecular formula is C12H16ClN3O. The van der Waals surface area contributed by atoms with E-state index in [1.165, 1.54) is 10.9 Å². The van der Waals surface area contributed by atoms with Gasteiger partial charge in [0.2, 0.25) is 0 Å². The van der Waals surface area contributed by atoms with Crippen LogP contribution >= 0.6 is 11.6 Å². The zero-order valence-electron chi connectivity index (χ0n) is 10.0. The number of hydrogen-bond acceptors (Lipinski definition) is 3. The second-order valence-electron chi connectivity index (χ2n) is 3.79. The molecule has 17 heavy (non-hydrogen) atoms. The van der Waals surface area contributed by atoms with Crippen LogP contribution in [0, 0.1) is 12.3 Å². The summed E-state index contributed by atoms with van der Waals surface area (Å²) in [4.78, 5) is 11.8. The third kappa shape index (κ3) is 3.50. The quantitative estimate of drug-likeness (QED) is 0.818. The van der Waals surface area contributed by atoms with Gasteiger partial charge in [-0.2, -0.15) is 5.10 Å². The minimum Gasteiger partial charge on any atom is -0.369 e. The molecule has 0 saturated heterocycles. The number of nitrogens with zero attached hydrogens (tertiary/aromatic N) is 2. The van der Waals surface area contributed by atoms with E-state index in [2.05, 4.69) is 23.3 Å². The van der Waals surface area contributed by atoms with Crippen LogP contribution < -0.4 is 10.9 Å². The second kappa shape index (κ2) is 6.31. The standard InChI is InChI=1S/C12H16ClN3O/c1-4-6-7-16-12(17)11(13)10(8-14-16)15-9(3)5-2/h2,8-9,15H,4,6-7H2,1,3H3. The van der Waals surface area contributed by atoms with E-state index < -0.39 is 0 Å². The molecule has 1 aromatic heterocycles. The number of rotatable bonds is 5. The molecule has 92 valence electrons. The summed E-state index contributed by atoms with van der Waals surface area (Å²) < 4.78 is 1.37. The number of aromatic nitrogens is 2. The third-order valence-electron chi connectivity index (χ3n) is 2.33. The lowest BCUT2D eigenvalue weighted by Crippen LogP contribution is -2.25. The molecule has 0 radical (unpaired) electrons. The van der Waals surface area contributed by atoms with E-state index in [1.54, 1.807) is 6.92 Å². The first kappa shape index (κ1) is 13.6. The Morgan fingerprint density at radius 1 is 1.71 bits per heavy atom. The summed E-state index contributed by atoms with van der Waals surface area (Å²) in [6, 6.07) is -0.194. The Hall–Kier alpha value is -1.47. The highest BCUT2D eigenvalue weighted by Crippen LogP contribution is 2.16. The van der Waals surface area contributed by atoms with Crippen LogP contribution in [0.1, 0.15) is 26.7 Å². The summed E-state index contributed by atoms with van der Waals surface area (Å²) in [6.45, 7) is 4.44. The molecule has 4 nitrogen and oxygen atoms in total. The maximum atomic E-state index is 11.8. The zero-order chi connectivity index (χ0) is 12.8. The van der Waals surface area contributed by atoms with Crippen LogP contribution in [-0.2, 0) is 6.54 Å². The molecule has 0 amide bonds. The number of terminal acetylenes is 1. The first-order chi connectivity index (χ1) is 8.10. The molecule has 0 aliphatic carbocycles. The van der Waals surface area contributed by atoms with Gasteiger partial charge < -0.3 is 5.32 Å². The summed E-state index contributed by atoms with van der Waals surface area (Å²) in [5.74, 6) is 2.50. The number of unbranched alkanes of at least 4 members (excludes halogenated alkanes) is 1. The van der Waals surface area contributed by atoms with Crippen LogP contribution in [-0.4, -0.2) is 15.8 Å². The lowest BCUT2D eigenvalue weighted by atomic mass is 10.3. The highest BCUT2D eigenvalue weighted by Gasteiger charge is 2.10. The monoisotopic (exact) mass is 253 g/mol. The number of halogens is 1. The van der Waals surface area contributed by atoms with E-state index in [0.29, 0.717) is 12.2 Å². The summed E-state index contributed by atoms with van der Waals surface area (Å²) in [6.07, 6.45) is 8.68. The molecule has 1 rings (SSSR count). The van der Waals surface area contributed by atoms with Crippen LogP contribution in [0.25, 0.3) is 0 Å². The topological polar surface area (TPSA) is 46.9 Å². The van der Waals surface area contributed by atoms with Gasteiger partial charge in [0.15, 0.2) is 0 Å². The van der Waals surface area contributed by atoms with Crippen molar-refractivity contribution in [2.75, 3.05) is 5.32 Å². The van der Waals surface area contributed by atoms with Crippen molar-refractivity contribution in [2.45, 2.75) is 39.3 Å². The van der Waals surface area contributed by atoms with Gasteiger partial charge in [-0.15, -0.1) is 6.42 Å².